The molecular formula is C11H11ClFNO4. The van der Waals surface area contributed by atoms with Gasteiger partial charge in [0.1, 0.15) is 25.1 Å². The van der Waals surface area contributed by atoms with Gasteiger partial charge in [0.2, 0.25) is 0 Å². The molecule has 1 aliphatic heterocycles. The number of hydrogen-bond donors (Lipinski definition) is 2. The maximum absolute atomic E-state index is 13.9. The number of carboxylic acid groups (broad SMARTS) is 1. The second-order valence-corrected chi connectivity index (χ2v) is 4.23. The molecule has 0 fully saturated rings. The first-order valence-corrected chi connectivity index (χ1v) is 5.63. The van der Waals surface area contributed by atoms with E-state index >= 15 is 0 Å². The minimum absolute atomic E-state index is 0.0344. The summed E-state index contributed by atoms with van der Waals surface area (Å²) in [4.78, 5) is 10.7. The van der Waals surface area contributed by atoms with Crippen molar-refractivity contribution in [2.75, 3.05) is 13.2 Å². The highest BCUT2D eigenvalue weighted by Crippen LogP contribution is 2.39. The minimum Gasteiger partial charge on any atom is -0.486 e. The number of fused-ring (bicyclic) bond motifs is 1. The average Bonchev–Trinajstić information content (AvgIpc) is 2.34. The maximum atomic E-state index is 13.9. The fraction of sp³-hybridized carbons (Fsp3) is 0.364. The van der Waals surface area contributed by atoms with E-state index < -0.39 is 17.8 Å². The highest BCUT2D eigenvalue weighted by atomic mass is 35.5. The van der Waals surface area contributed by atoms with Gasteiger partial charge >= 0.3 is 5.97 Å². The van der Waals surface area contributed by atoms with Crippen LogP contribution in [0.2, 0.25) is 5.02 Å². The second kappa shape index (κ2) is 4.99. The molecule has 1 heterocycles. The summed E-state index contributed by atoms with van der Waals surface area (Å²) in [5.41, 5.74) is 5.43. The van der Waals surface area contributed by atoms with Gasteiger partial charge in [-0.15, -0.1) is 0 Å². The summed E-state index contributed by atoms with van der Waals surface area (Å²) in [5.74, 6) is -1.46. The van der Waals surface area contributed by atoms with E-state index in [9.17, 15) is 9.18 Å². The number of carboxylic acids is 1. The molecule has 1 atom stereocenters. The molecule has 1 aromatic rings. The van der Waals surface area contributed by atoms with Gasteiger partial charge in [0.25, 0.3) is 0 Å². The number of rotatable bonds is 3. The predicted molar refractivity (Wildman–Crippen MR) is 61.7 cm³/mol. The summed E-state index contributed by atoms with van der Waals surface area (Å²) in [6.45, 7) is 0.600. The standard InChI is InChI=1S/C11H11ClFNO4/c12-6-4-8-10(18-2-1-17-8)5(9(6)13)3-7(14)11(15)16/h4,7H,1-3,14H2,(H,15,16). The molecule has 0 amide bonds. The number of nitrogens with two attached hydrogens (primary N) is 1. The number of halogens is 2. The van der Waals surface area contributed by atoms with E-state index in [1.165, 1.54) is 6.07 Å². The Morgan fingerprint density at radius 3 is 2.89 bits per heavy atom. The van der Waals surface area contributed by atoms with Crippen LogP contribution in [0.25, 0.3) is 0 Å². The van der Waals surface area contributed by atoms with Crippen LogP contribution in [0.1, 0.15) is 5.56 Å². The highest BCUT2D eigenvalue weighted by molar-refractivity contribution is 6.31. The van der Waals surface area contributed by atoms with Gasteiger partial charge in [-0.05, 0) is 0 Å². The van der Waals surface area contributed by atoms with E-state index in [1.54, 1.807) is 0 Å². The van der Waals surface area contributed by atoms with E-state index in [4.69, 9.17) is 31.9 Å². The molecule has 1 aromatic carbocycles. The normalized spacial score (nSPS) is 15.3. The molecule has 2 rings (SSSR count). The van der Waals surface area contributed by atoms with Crippen molar-refractivity contribution in [2.45, 2.75) is 12.5 Å². The lowest BCUT2D eigenvalue weighted by Crippen LogP contribution is -2.33. The Hall–Kier alpha value is -1.53. The van der Waals surface area contributed by atoms with Gasteiger partial charge in [-0.25, -0.2) is 4.39 Å². The molecule has 0 radical (unpaired) electrons. The molecule has 0 aromatic heterocycles. The maximum Gasteiger partial charge on any atom is 0.320 e. The van der Waals surface area contributed by atoms with Crippen LogP contribution < -0.4 is 15.2 Å². The van der Waals surface area contributed by atoms with Gasteiger partial charge in [0, 0.05) is 18.1 Å². The summed E-state index contributed by atoms with van der Waals surface area (Å²) >= 11 is 5.72. The Labute approximate surface area is 107 Å². The molecule has 1 unspecified atom stereocenters. The SMILES string of the molecule is NC(Cc1c(F)c(Cl)cc2c1OCCO2)C(=O)O. The monoisotopic (exact) mass is 275 g/mol. The Morgan fingerprint density at radius 1 is 1.56 bits per heavy atom. The smallest absolute Gasteiger partial charge is 0.320 e. The van der Waals surface area contributed by atoms with E-state index in [2.05, 4.69) is 0 Å². The van der Waals surface area contributed by atoms with Crippen LogP contribution in [0, 0.1) is 5.82 Å². The van der Waals surface area contributed by atoms with Crippen LogP contribution in [0.3, 0.4) is 0 Å². The molecule has 0 saturated carbocycles. The molecule has 18 heavy (non-hydrogen) atoms. The Balaban J connectivity index is 2.43. The van der Waals surface area contributed by atoms with Crippen molar-refractivity contribution < 1.29 is 23.8 Å². The molecule has 0 aliphatic carbocycles. The fourth-order valence-electron chi connectivity index (χ4n) is 1.69. The number of hydrogen-bond acceptors (Lipinski definition) is 4. The molecule has 0 spiro atoms. The van der Waals surface area contributed by atoms with Gasteiger partial charge in [-0.3, -0.25) is 4.79 Å². The lowest BCUT2D eigenvalue weighted by atomic mass is 10.0. The zero-order valence-electron chi connectivity index (χ0n) is 9.28. The van der Waals surface area contributed by atoms with Crippen molar-refractivity contribution in [3.63, 3.8) is 0 Å². The van der Waals surface area contributed by atoms with E-state index in [1.807, 2.05) is 0 Å². The van der Waals surface area contributed by atoms with Crippen LogP contribution >= 0.6 is 11.6 Å². The Bertz CT molecular complexity index is 494. The first-order valence-electron chi connectivity index (χ1n) is 5.25. The Morgan fingerprint density at radius 2 is 2.22 bits per heavy atom. The lowest BCUT2D eigenvalue weighted by Gasteiger charge is -2.22. The van der Waals surface area contributed by atoms with Gasteiger partial charge in [-0.1, -0.05) is 11.6 Å². The summed E-state index contributed by atoms with van der Waals surface area (Å²) in [5, 5.41) is 8.61. The first-order chi connectivity index (χ1) is 8.50. The second-order valence-electron chi connectivity index (χ2n) is 3.82. The van der Waals surface area contributed by atoms with Crippen molar-refractivity contribution in [2.24, 2.45) is 5.73 Å². The van der Waals surface area contributed by atoms with Crippen LogP contribution in [0.15, 0.2) is 6.07 Å². The van der Waals surface area contributed by atoms with Gasteiger partial charge < -0.3 is 20.3 Å². The average molecular weight is 276 g/mol. The topological polar surface area (TPSA) is 81.8 Å². The van der Waals surface area contributed by atoms with Crippen LogP contribution in [0.5, 0.6) is 11.5 Å². The zero-order valence-corrected chi connectivity index (χ0v) is 10.0. The van der Waals surface area contributed by atoms with E-state index in [0.29, 0.717) is 12.4 Å². The quantitative estimate of drug-likeness (QED) is 0.866. The predicted octanol–water partition coefficient (Wildman–Crippen LogP) is 1.20. The molecule has 1 aliphatic rings. The largest absolute Gasteiger partial charge is 0.486 e. The number of carbonyl (C=O) groups is 1. The van der Waals surface area contributed by atoms with Crippen molar-refractivity contribution >= 4 is 17.6 Å². The van der Waals surface area contributed by atoms with Gasteiger partial charge in [0.05, 0.1) is 5.02 Å². The van der Waals surface area contributed by atoms with Crippen LogP contribution in [-0.4, -0.2) is 30.3 Å². The highest BCUT2D eigenvalue weighted by Gasteiger charge is 2.25. The zero-order chi connectivity index (χ0) is 13.3. The van der Waals surface area contributed by atoms with Gasteiger partial charge in [-0.2, -0.15) is 0 Å². The number of aliphatic carboxylic acids is 1. The third-order valence-corrected chi connectivity index (χ3v) is 2.83. The number of ether oxygens (including phenoxy) is 2. The van der Waals surface area contributed by atoms with Crippen molar-refractivity contribution in [1.29, 1.82) is 0 Å². The molecular weight excluding hydrogens is 265 g/mol. The minimum atomic E-state index is -1.23. The summed E-state index contributed by atoms with van der Waals surface area (Å²) < 4.78 is 24.5. The van der Waals surface area contributed by atoms with E-state index in [-0.39, 0.29) is 29.4 Å². The van der Waals surface area contributed by atoms with Gasteiger partial charge in [0.15, 0.2) is 11.5 Å². The summed E-state index contributed by atoms with van der Waals surface area (Å²) in [6, 6.07) is 0.0776. The molecule has 7 heteroatoms. The van der Waals surface area contributed by atoms with Crippen molar-refractivity contribution in [1.82, 2.24) is 0 Å². The van der Waals surface area contributed by atoms with Crippen LogP contribution in [0.4, 0.5) is 4.39 Å². The molecule has 0 saturated heterocycles. The third kappa shape index (κ3) is 2.34. The van der Waals surface area contributed by atoms with E-state index in [0.717, 1.165) is 0 Å². The van der Waals surface area contributed by atoms with Crippen molar-refractivity contribution in [3.8, 4) is 11.5 Å². The first kappa shape index (κ1) is 12.9. The lowest BCUT2D eigenvalue weighted by molar-refractivity contribution is -0.138. The molecule has 3 N–H and O–H groups in total. The van der Waals surface area contributed by atoms with Crippen LogP contribution in [-0.2, 0) is 11.2 Å². The number of benzene rings is 1. The third-order valence-electron chi connectivity index (χ3n) is 2.56. The molecule has 5 nitrogen and oxygen atoms in total. The molecule has 0 bridgehead atoms. The molecule has 98 valence electrons. The van der Waals surface area contributed by atoms with Crippen molar-refractivity contribution in [3.05, 3.63) is 22.5 Å². The fourth-order valence-corrected chi connectivity index (χ4v) is 1.90. The Kier molecular flexibility index (Phi) is 3.58. The summed E-state index contributed by atoms with van der Waals surface area (Å²) in [7, 11) is 0. The summed E-state index contributed by atoms with van der Waals surface area (Å²) in [6.07, 6.45) is -0.215.